The molecular weight excluding hydrogens is 456 g/mol. The van der Waals surface area contributed by atoms with Crippen molar-refractivity contribution in [3.8, 4) is 17.1 Å². The first-order chi connectivity index (χ1) is 16.2. The zero-order valence-corrected chi connectivity index (χ0v) is 19.3. The summed E-state index contributed by atoms with van der Waals surface area (Å²) >= 11 is 7.63. The summed E-state index contributed by atoms with van der Waals surface area (Å²) in [5.41, 5.74) is 3.12. The largest absolute Gasteiger partial charge is 0.420 e. The first-order valence-corrected chi connectivity index (χ1v) is 11.8. The number of rotatable bonds is 6. The SMILES string of the molecule is CCc1ccccc1-n1c(SCc2nnc(-c3ccccc3Cl)o2)nc2ccccc2c1=O. The van der Waals surface area contributed by atoms with E-state index in [4.69, 9.17) is 21.0 Å². The average Bonchev–Trinajstić information content (AvgIpc) is 3.32. The highest BCUT2D eigenvalue weighted by Crippen LogP contribution is 2.29. The Balaban J connectivity index is 1.55. The van der Waals surface area contributed by atoms with Gasteiger partial charge < -0.3 is 4.42 Å². The molecule has 0 unspecified atom stereocenters. The lowest BCUT2D eigenvalue weighted by Crippen LogP contribution is -2.22. The second-order valence-electron chi connectivity index (χ2n) is 7.30. The van der Waals surface area contributed by atoms with E-state index in [9.17, 15) is 4.79 Å². The molecular formula is C25H19ClN4O2S. The fourth-order valence-corrected chi connectivity index (χ4v) is 4.69. The maximum atomic E-state index is 13.5. The van der Waals surface area contributed by atoms with Gasteiger partial charge in [-0.1, -0.05) is 72.8 Å². The smallest absolute Gasteiger partial charge is 0.266 e. The van der Waals surface area contributed by atoms with Crippen LogP contribution in [0.15, 0.2) is 87.2 Å². The van der Waals surface area contributed by atoms with Crippen molar-refractivity contribution < 1.29 is 4.42 Å². The first kappa shape index (κ1) is 21.4. The number of aryl methyl sites for hydroxylation is 1. The number of nitrogens with zero attached hydrogens (tertiary/aromatic N) is 4. The van der Waals surface area contributed by atoms with Crippen LogP contribution in [0, 0.1) is 0 Å². The molecule has 8 heteroatoms. The van der Waals surface area contributed by atoms with Crippen LogP contribution in [-0.2, 0) is 12.2 Å². The van der Waals surface area contributed by atoms with Crippen LogP contribution in [0.5, 0.6) is 0 Å². The van der Waals surface area contributed by atoms with Crippen LogP contribution < -0.4 is 5.56 Å². The van der Waals surface area contributed by atoms with Crippen LogP contribution >= 0.6 is 23.4 Å². The van der Waals surface area contributed by atoms with Crippen molar-refractivity contribution in [2.24, 2.45) is 0 Å². The second-order valence-corrected chi connectivity index (χ2v) is 8.65. The van der Waals surface area contributed by atoms with Gasteiger partial charge in [0.2, 0.25) is 11.8 Å². The van der Waals surface area contributed by atoms with Crippen LogP contribution in [-0.4, -0.2) is 19.7 Å². The molecule has 0 saturated heterocycles. The van der Waals surface area contributed by atoms with E-state index in [1.54, 1.807) is 16.7 Å². The molecule has 0 radical (unpaired) electrons. The molecule has 0 saturated carbocycles. The van der Waals surface area contributed by atoms with E-state index in [0.717, 1.165) is 17.7 Å². The summed E-state index contributed by atoms with van der Waals surface area (Å²) in [6, 6.07) is 22.6. The molecule has 0 fully saturated rings. The summed E-state index contributed by atoms with van der Waals surface area (Å²) in [6.45, 7) is 2.07. The van der Waals surface area contributed by atoms with Gasteiger partial charge in [-0.15, -0.1) is 10.2 Å². The Morgan fingerprint density at radius 3 is 2.58 bits per heavy atom. The van der Waals surface area contributed by atoms with Crippen LogP contribution in [0.25, 0.3) is 28.0 Å². The molecule has 2 aromatic heterocycles. The van der Waals surface area contributed by atoms with Gasteiger partial charge in [-0.25, -0.2) is 4.98 Å². The van der Waals surface area contributed by atoms with Gasteiger partial charge in [0.05, 0.1) is 32.9 Å². The highest BCUT2D eigenvalue weighted by molar-refractivity contribution is 7.98. The van der Waals surface area contributed by atoms with Crippen LogP contribution in [0.1, 0.15) is 18.4 Å². The monoisotopic (exact) mass is 474 g/mol. The molecule has 0 amide bonds. The van der Waals surface area contributed by atoms with E-state index in [-0.39, 0.29) is 5.56 Å². The Kier molecular flexibility index (Phi) is 5.98. The predicted molar refractivity (Wildman–Crippen MR) is 131 cm³/mol. The van der Waals surface area contributed by atoms with E-state index >= 15 is 0 Å². The summed E-state index contributed by atoms with van der Waals surface area (Å²) in [6.07, 6.45) is 0.796. The molecule has 0 spiro atoms. The van der Waals surface area contributed by atoms with E-state index < -0.39 is 0 Å². The summed E-state index contributed by atoms with van der Waals surface area (Å²) in [4.78, 5) is 18.3. The number of benzene rings is 3. The van der Waals surface area contributed by atoms with Crippen molar-refractivity contribution in [3.63, 3.8) is 0 Å². The lowest BCUT2D eigenvalue weighted by Gasteiger charge is -2.15. The third-order valence-corrected chi connectivity index (χ3v) is 6.51. The van der Waals surface area contributed by atoms with Gasteiger partial charge in [0, 0.05) is 0 Å². The minimum absolute atomic E-state index is 0.105. The zero-order valence-electron chi connectivity index (χ0n) is 17.7. The van der Waals surface area contributed by atoms with Crippen molar-refractivity contribution in [1.82, 2.24) is 19.7 Å². The van der Waals surface area contributed by atoms with E-state index in [1.807, 2.05) is 60.7 Å². The van der Waals surface area contributed by atoms with Gasteiger partial charge in [0.25, 0.3) is 5.56 Å². The fourth-order valence-electron chi connectivity index (χ4n) is 3.63. The molecule has 0 N–H and O–H groups in total. The van der Waals surface area contributed by atoms with Crippen molar-refractivity contribution in [2.75, 3.05) is 0 Å². The number of fused-ring (bicyclic) bond motifs is 1. The number of hydrogen-bond acceptors (Lipinski definition) is 6. The minimum atomic E-state index is -0.105. The zero-order chi connectivity index (χ0) is 22.8. The third kappa shape index (κ3) is 4.17. The van der Waals surface area contributed by atoms with Crippen molar-refractivity contribution >= 4 is 34.3 Å². The van der Waals surface area contributed by atoms with Crippen LogP contribution in [0.3, 0.4) is 0 Å². The van der Waals surface area contributed by atoms with Gasteiger partial charge in [-0.3, -0.25) is 9.36 Å². The van der Waals surface area contributed by atoms with Gasteiger partial charge in [-0.05, 0) is 42.3 Å². The van der Waals surface area contributed by atoms with E-state index in [2.05, 4.69) is 17.1 Å². The summed E-state index contributed by atoms with van der Waals surface area (Å²) in [7, 11) is 0. The Morgan fingerprint density at radius 2 is 1.73 bits per heavy atom. The summed E-state index contributed by atoms with van der Waals surface area (Å²) < 4.78 is 7.52. The fraction of sp³-hybridized carbons (Fsp3) is 0.120. The average molecular weight is 475 g/mol. The van der Waals surface area contributed by atoms with Crippen LogP contribution in [0.2, 0.25) is 5.02 Å². The van der Waals surface area contributed by atoms with Gasteiger partial charge in [0.1, 0.15) is 0 Å². The number of para-hydroxylation sites is 2. The highest BCUT2D eigenvalue weighted by Gasteiger charge is 2.17. The maximum Gasteiger partial charge on any atom is 0.266 e. The molecule has 2 heterocycles. The Labute approximate surface area is 199 Å². The Morgan fingerprint density at radius 1 is 0.970 bits per heavy atom. The van der Waals surface area contributed by atoms with Crippen molar-refractivity contribution in [3.05, 3.63) is 99.6 Å². The first-order valence-electron chi connectivity index (χ1n) is 10.5. The molecule has 0 atom stereocenters. The molecule has 5 rings (SSSR count). The lowest BCUT2D eigenvalue weighted by atomic mass is 10.1. The summed E-state index contributed by atoms with van der Waals surface area (Å²) in [5.74, 6) is 1.14. The third-order valence-electron chi connectivity index (χ3n) is 5.25. The number of halogens is 1. The molecule has 6 nitrogen and oxygen atoms in total. The van der Waals surface area contributed by atoms with Crippen LogP contribution in [0.4, 0.5) is 0 Å². The Hall–Kier alpha value is -3.42. The molecule has 0 aliphatic heterocycles. The van der Waals surface area contributed by atoms with Crippen molar-refractivity contribution in [2.45, 2.75) is 24.3 Å². The molecule has 5 aromatic rings. The summed E-state index contributed by atoms with van der Waals surface area (Å²) in [5, 5.41) is 9.98. The van der Waals surface area contributed by atoms with Gasteiger partial charge >= 0.3 is 0 Å². The normalized spacial score (nSPS) is 11.2. The Bertz CT molecular complexity index is 1510. The van der Waals surface area contributed by atoms with Gasteiger partial charge in [-0.2, -0.15) is 0 Å². The molecule has 3 aromatic carbocycles. The number of hydrogen-bond donors (Lipinski definition) is 0. The highest BCUT2D eigenvalue weighted by atomic mass is 35.5. The molecule has 0 aliphatic carbocycles. The topological polar surface area (TPSA) is 73.8 Å². The quantitative estimate of drug-likeness (QED) is 0.224. The van der Waals surface area contributed by atoms with E-state index in [0.29, 0.717) is 44.2 Å². The second kappa shape index (κ2) is 9.21. The minimum Gasteiger partial charge on any atom is -0.420 e. The maximum absolute atomic E-state index is 13.5. The predicted octanol–water partition coefficient (Wildman–Crippen LogP) is 5.94. The van der Waals surface area contributed by atoms with Crippen molar-refractivity contribution in [1.29, 1.82) is 0 Å². The number of aromatic nitrogens is 4. The van der Waals surface area contributed by atoms with Gasteiger partial charge in [0.15, 0.2) is 5.16 Å². The molecule has 0 aliphatic rings. The molecule has 0 bridgehead atoms. The number of thioether (sulfide) groups is 1. The molecule has 164 valence electrons. The molecule has 33 heavy (non-hydrogen) atoms. The lowest BCUT2D eigenvalue weighted by molar-refractivity contribution is 0.528. The van der Waals surface area contributed by atoms with E-state index in [1.165, 1.54) is 11.8 Å². The standard InChI is InChI=1S/C25H19ClN4O2S/c1-2-16-9-3-8-14-21(16)30-24(31)18-11-5-7-13-20(18)27-25(30)33-15-22-28-29-23(32-22)17-10-4-6-12-19(17)26/h3-14H,2,15H2,1H3.